The molecule has 0 N–H and O–H groups in total. The van der Waals surface area contributed by atoms with Crippen molar-refractivity contribution in [1.82, 2.24) is 4.57 Å². The SMILES string of the molecule is COc1cccc(OCCCn2c3ccccc3c3ccccc32)c1. The molecule has 0 atom stereocenters. The van der Waals surface area contributed by atoms with E-state index in [4.69, 9.17) is 9.47 Å². The molecule has 0 aliphatic rings. The number of fused-ring (bicyclic) bond motifs is 3. The predicted octanol–water partition coefficient (Wildman–Crippen LogP) is 5.27. The Morgan fingerprint density at radius 2 is 1.40 bits per heavy atom. The molecule has 1 aromatic heterocycles. The first kappa shape index (κ1) is 15.6. The van der Waals surface area contributed by atoms with Crippen LogP contribution in [0.5, 0.6) is 11.5 Å². The van der Waals surface area contributed by atoms with E-state index in [1.54, 1.807) is 7.11 Å². The fourth-order valence-corrected chi connectivity index (χ4v) is 3.35. The number of nitrogens with zero attached hydrogens (tertiary/aromatic N) is 1. The van der Waals surface area contributed by atoms with E-state index < -0.39 is 0 Å². The second-order valence-electron chi connectivity index (χ2n) is 6.07. The third-order valence-corrected chi connectivity index (χ3v) is 4.52. The van der Waals surface area contributed by atoms with Crippen LogP contribution in [0.3, 0.4) is 0 Å². The van der Waals surface area contributed by atoms with Gasteiger partial charge in [-0.05, 0) is 30.7 Å². The van der Waals surface area contributed by atoms with Gasteiger partial charge in [-0.25, -0.2) is 0 Å². The highest BCUT2D eigenvalue weighted by Gasteiger charge is 2.09. The first-order valence-corrected chi connectivity index (χ1v) is 8.59. The second-order valence-corrected chi connectivity index (χ2v) is 6.07. The van der Waals surface area contributed by atoms with Crippen LogP contribution < -0.4 is 9.47 Å². The normalized spacial score (nSPS) is 11.1. The molecule has 0 spiro atoms. The predicted molar refractivity (Wildman–Crippen MR) is 103 cm³/mol. The molecular weight excluding hydrogens is 310 g/mol. The molecule has 0 bridgehead atoms. The fraction of sp³-hybridized carbons (Fsp3) is 0.182. The first-order chi connectivity index (χ1) is 12.4. The zero-order valence-corrected chi connectivity index (χ0v) is 14.3. The molecule has 0 unspecified atom stereocenters. The van der Waals surface area contributed by atoms with Crippen LogP contribution in [0.1, 0.15) is 6.42 Å². The third-order valence-electron chi connectivity index (χ3n) is 4.52. The van der Waals surface area contributed by atoms with Crippen molar-refractivity contribution >= 4 is 21.8 Å². The smallest absolute Gasteiger partial charge is 0.122 e. The van der Waals surface area contributed by atoms with Crippen molar-refractivity contribution in [3.63, 3.8) is 0 Å². The van der Waals surface area contributed by atoms with Gasteiger partial charge in [0.05, 0.1) is 13.7 Å². The zero-order valence-electron chi connectivity index (χ0n) is 14.3. The first-order valence-electron chi connectivity index (χ1n) is 8.59. The number of benzene rings is 3. The van der Waals surface area contributed by atoms with Crippen LogP contribution in [-0.2, 0) is 6.54 Å². The lowest BCUT2D eigenvalue weighted by atomic mass is 10.2. The van der Waals surface area contributed by atoms with E-state index in [2.05, 4.69) is 53.1 Å². The lowest BCUT2D eigenvalue weighted by Crippen LogP contribution is -2.04. The number of rotatable bonds is 6. The molecular formula is C22H21NO2. The number of ether oxygens (including phenoxy) is 2. The summed E-state index contributed by atoms with van der Waals surface area (Å²) in [5.74, 6) is 1.67. The topological polar surface area (TPSA) is 23.4 Å². The maximum Gasteiger partial charge on any atom is 0.122 e. The van der Waals surface area contributed by atoms with E-state index in [9.17, 15) is 0 Å². The van der Waals surface area contributed by atoms with Gasteiger partial charge < -0.3 is 14.0 Å². The van der Waals surface area contributed by atoms with Crippen LogP contribution in [0.2, 0.25) is 0 Å². The summed E-state index contributed by atoms with van der Waals surface area (Å²) in [7, 11) is 1.67. The molecule has 0 saturated heterocycles. The molecule has 4 rings (SSSR count). The van der Waals surface area contributed by atoms with Gasteiger partial charge in [-0.3, -0.25) is 0 Å². The average Bonchev–Trinajstić information content (AvgIpc) is 2.99. The van der Waals surface area contributed by atoms with Crippen molar-refractivity contribution in [2.75, 3.05) is 13.7 Å². The number of hydrogen-bond donors (Lipinski definition) is 0. The van der Waals surface area contributed by atoms with Crippen molar-refractivity contribution in [3.05, 3.63) is 72.8 Å². The van der Waals surface area contributed by atoms with Crippen LogP contribution in [0.25, 0.3) is 21.8 Å². The van der Waals surface area contributed by atoms with E-state index in [1.165, 1.54) is 21.8 Å². The molecule has 0 radical (unpaired) electrons. The summed E-state index contributed by atoms with van der Waals surface area (Å²) in [6, 6.07) is 24.9. The zero-order chi connectivity index (χ0) is 17.1. The monoisotopic (exact) mass is 331 g/mol. The van der Waals surface area contributed by atoms with E-state index in [0.717, 1.165) is 24.5 Å². The Morgan fingerprint density at radius 1 is 0.760 bits per heavy atom. The molecule has 126 valence electrons. The Morgan fingerprint density at radius 3 is 2.08 bits per heavy atom. The molecule has 0 aliphatic heterocycles. The van der Waals surface area contributed by atoms with Gasteiger partial charge in [-0.2, -0.15) is 0 Å². The summed E-state index contributed by atoms with van der Waals surface area (Å²) in [5.41, 5.74) is 2.56. The van der Waals surface area contributed by atoms with Crippen molar-refractivity contribution < 1.29 is 9.47 Å². The summed E-state index contributed by atoms with van der Waals surface area (Å²) >= 11 is 0. The maximum absolute atomic E-state index is 5.88. The molecule has 0 amide bonds. The highest BCUT2D eigenvalue weighted by atomic mass is 16.5. The summed E-state index contributed by atoms with van der Waals surface area (Å²) < 4.78 is 13.5. The van der Waals surface area contributed by atoms with Crippen LogP contribution >= 0.6 is 0 Å². The molecule has 1 heterocycles. The summed E-state index contributed by atoms with van der Waals surface area (Å²) in [6.45, 7) is 1.60. The van der Waals surface area contributed by atoms with Crippen LogP contribution in [-0.4, -0.2) is 18.3 Å². The quantitative estimate of drug-likeness (QED) is 0.449. The largest absolute Gasteiger partial charge is 0.497 e. The molecule has 4 aromatic rings. The van der Waals surface area contributed by atoms with Gasteiger partial charge in [0.25, 0.3) is 0 Å². The minimum atomic E-state index is 0.675. The molecule has 0 fully saturated rings. The molecule has 3 nitrogen and oxygen atoms in total. The Balaban J connectivity index is 1.50. The van der Waals surface area contributed by atoms with Gasteiger partial charge in [0, 0.05) is 34.4 Å². The average molecular weight is 331 g/mol. The van der Waals surface area contributed by atoms with Crippen molar-refractivity contribution in [3.8, 4) is 11.5 Å². The standard InChI is InChI=1S/C22H21NO2/c1-24-17-8-6-9-18(16-17)25-15-7-14-23-21-12-4-2-10-19(21)20-11-3-5-13-22(20)23/h2-6,8-13,16H,7,14-15H2,1H3. The number of aromatic nitrogens is 1. The molecule has 0 aliphatic carbocycles. The Hall–Kier alpha value is -2.94. The Labute approximate surface area is 147 Å². The minimum absolute atomic E-state index is 0.675. The maximum atomic E-state index is 5.88. The van der Waals surface area contributed by atoms with Crippen LogP contribution in [0.4, 0.5) is 0 Å². The lowest BCUT2D eigenvalue weighted by molar-refractivity contribution is 0.301. The molecule has 3 heteroatoms. The Bertz CT molecular complexity index is 950. The summed E-state index contributed by atoms with van der Waals surface area (Å²) in [5, 5.41) is 2.62. The summed E-state index contributed by atoms with van der Waals surface area (Å²) in [4.78, 5) is 0. The van der Waals surface area contributed by atoms with Gasteiger partial charge in [-0.1, -0.05) is 42.5 Å². The number of hydrogen-bond acceptors (Lipinski definition) is 2. The number of aryl methyl sites for hydroxylation is 1. The molecule has 3 aromatic carbocycles. The fourth-order valence-electron chi connectivity index (χ4n) is 3.35. The highest BCUT2D eigenvalue weighted by molar-refractivity contribution is 6.07. The van der Waals surface area contributed by atoms with Crippen molar-refractivity contribution in [1.29, 1.82) is 0 Å². The summed E-state index contributed by atoms with van der Waals surface area (Å²) in [6.07, 6.45) is 0.944. The van der Waals surface area contributed by atoms with Gasteiger partial charge in [0.15, 0.2) is 0 Å². The van der Waals surface area contributed by atoms with E-state index in [0.29, 0.717) is 6.61 Å². The van der Waals surface area contributed by atoms with Gasteiger partial charge in [0.2, 0.25) is 0 Å². The van der Waals surface area contributed by atoms with Crippen molar-refractivity contribution in [2.24, 2.45) is 0 Å². The van der Waals surface area contributed by atoms with Gasteiger partial charge in [-0.15, -0.1) is 0 Å². The van der Waals surface area contributed by atoms with Gasteiger partial charge in [0.1, 0.15) is 11.5 Å². The Kier molecular flexibility index (Phi) is 4.30. The number of para-hydroxylation sites is 2. The van der Waals surface area contributed by atoms with E-state index >= 15 is 0 Å². The molecule has 25 heavy (non-hydrogen) atoms. The lowest BCUT2D eigenvalue weighted by Gasteiger charge is -2.10. The van der Waals surface area contributed by atoms with Crippen LogP contribution in [0.15, 0.2) is 72.8 Å². The number of methoxy groups -OCH3 is 1. The van der Waals surface area contributed by atoms with E-state index in [-0.39, 0.29) is 0 Å². The third kappa shape index (κ3) is 3.05. The van der Waals surface area contributed by atoms with E-state index in [1.807, 2.05) is 24.3 Å². The minimum Gasteiger partial charge on any atom is -0.497 e. The van der Waals surface area contributed by atoms with Crippen molar-refractivity contribution in [2.45, 2.75) is 13.0 Å². The highest BCUT2D eigenvalue weighted by Crippen LogP contribution is 2.28. The van der Waals surface area contributed by atoms with Gasteiger partial charge >= 0.3 is 0 Å². The van der Waals surface area contributed by atoms with Crippen LogP contribution in [0, 0.1) is 0 Å². The molecule has 0 saturated carbocycles. The second kappa shape index (κ2) is 6.89.